The van der Waals surface area contributed by atoms with Crippen molar-refractivity contribution in [3.8, 4) is 6.07 Å². The molecule has 1 aromatic heterocycles. The van der Waals surface area contributed by atoms with Gasteiger partial charge in [0.05, 0.1) is 11.6 Å². The highest BCUT2D eigenvalue weighted by Crippen LogP contribution is 2.28. The Balaban J connectivity index is 2.44. The van der Waals surface area contributed by atoms with E-state index in [0.717, 1.165) is 0 Å². The zero-order valence-electron chi connectivity index (χ0n) is 8.22. The van der Waals surface area contributed by atoms with Crippen LogP contribution in [-0.2, 0) is 0 Å². The highest BCUT2D eigenvalue weighted by Gasteiger charge is 2.16. The molecule has 0 saturated carbocycles. The van der Waals surface area contributed by atoms with Crippen LogP contribution in [0.5, 0.6) is 0 Å². The van der Waals surface area contributed by atoms with Crippen LogP contribution >= 0.6 is 11.3 Å². The van der Waals surface area contributed by atoms with E-state index in [1.165, 1.54) is 29.5 Å². The predicted octanol–water partition coefficient (Wildman–Crippen LogP) is 2.84. The average molecular weight is 233 g/mol. The van der Waals surface area contributed by atoms with Crippen LogP contribution in [0.4, 0.5) is 4.39 Å². The summed E-state index contributed by atoms with van der Waals surface area (Å²) in [6.45, 7) is 0. The standard InChI is InChI=1S/C12H8FNOS/c13-10-4-3-8(7-14)6-9(10)12(15)11-2-1-5-16-11/h1-6,12,15H. The molecule has 16 heavy (non-hydrogen) atoms. The molecule has 2 aromatic rings. The molecule has 2 rings (SSSR count). The van der Waals surface area contributed by atoms with E-state index < -0.39 is 11.9 Å². The Morgan fingerprint density at radius 2 is 2.19 bits per heavy atom. The van der Waals surface area contributed by atoms with E-state index in [1.54, 1.807) is 12.1 Å². The number of halogens is 1. The molecular formula is C12H8FNOS. The Kier molecular flexibility index (Phi) is 3.00. The third kappa shape index (κ3) is 1.96. The van der Waals surface area contributed by atoms with Crippen LogP contribution in [-0.4, -0.2) is 5.11 Å². The number of benzene rings is 1. The molecule has 1 heterocycles. The van der Waals surface area contributed by atoms with E-state index in [-0.39, 0.29) is 5.56 Å². The molecule has 0 spiro atoms. The van der Waals surface area contributed by atoms with Crippen LogP contribution in [0.1, 0.15) is 22.1 Å². The second-order valence-corrected chi connectivity index (χ2v) is 4.25. The van der Waals surface area contributed by atoms with Crippen molar-refractivity contribution in [2.75, 3.05) is 0 Å². The first-order chi connectivity index (χ1) is 7.72. The van der Waals surface area contributed by atoms with E-state index in [4.69, 9.17) is 5.26 Å². The highest BCUT2D eigenvalue weighted by atomic mass is 32.1. The molecular weight excluding hydrogens is 225 g/mol. The number of hydrogen-bond acceptors (Lipinski definition) is 3. The number of nitriles is 1. The van der Waals surface area contributed by atoms with E-state index in [9.17, 15) is 9.50 Å². The van der Waals surface area contributed by atoms with Crippen molar-refractivity contribution >= 4 is 11.3 Å². The second-order valence-electron chi connectivity index (χ2n) is 3.27. The summed E-state index contributed by atoms with van der Waals surface area (Å²) in [7, 11) is 0. The molecule has 1 N–H and O–H groups in total. The predicted molar refractivity (Wildman–Crippen MR) is 59.5 cm³/mol. The fraction of sp³-hybridized carbons (Fsp3) is 0.0833. The average Bonchev–Trinajstić information content (AvgIpc) is 2.82. The van der Waals surface area contributed by atoms with Gasteiger partial charge in [-0.25, -0.2) is 4.39 Å². The maximum absolute atomic E-state index is 13.5. The first kappa shape index (κ1) is 10.8. The van der Waals surface area contributed by atoms with Gasteiger partial charge in [-0.2, -0.15) is 5.26 Å². The molecule has 1 unspecified atom stereocenters. The molecule has 0 radical (unpaired) electrons. The monoisotopic (exact) mass is 233 g/mol. The summed E-state index contributed by atoms with van der Waals surface area (Å²) in [5.41, 5.74) is 0.480. The molecule has 0 amide bonds. The smallest absolute Gasteiger partial charge is 0.129 e. The summed E-state index contributed by atoms with van der Waals surface area (Å²) >= 11 is 1.35. The van der Waals surface area contributed by atoms with Crippen LogP contribution < -0.4 is 0 Å². The van der Waals surface area contributed by atoms with Gasteiger partial charge in [-0.15, -0.1) is 11.3 Å². The summed E-state index contributed by atoms with van der Waals surface area (Å²) in [5, 5.41) is 20.5. The minimum atomic E-state index is -1.01. The number of rotatable bonds is 2. The van der Waals surface area contributed by atoms with E-state index in [1.807, 2.05) is 11.4 Å². The van der Waals surface area contributed by atoms with Gasteiger partial charge in [0.2, 0.25) is 0 Å². The van der Waals surface area contributed by atoms with Crippen LogP contribution in [0.15, 0.2) is 35.7 Å². The SMILES string of the molecule is N#Cc1ccc(F)c(C(O)c2cccs2)c1. The number of aliphatic hydroxyl groups excluding tert-OH is 1. The summed E-state index contributed by atoms with van der Waals surface area (Å²) in [6.07, 6.45) is -1.01. The van der Waals surface area contributed by atoms with Gasteiger partial charge in [-0.05, 0) is 29.6 Å². The van der Waals surface area contributed by atoms with Gasteiger partial charge in [0.25, 0.3) is 0 Å². The minimum absolute atomic E-state index is 0.140. The van der Waals surface area contributed by atoms with Gasteiger partial charge >= 0.3 is 0 Å². The molecule has 0 saturated heterocycles. The number of aliphatic hydroxyl groups is 1. The Hall–Kier alpha value is -1.70. The van der Waals surface area contributed by atoms with Gasteiger partial charge in [0.15, 0.2) is 0 Å². The zero-order valence-corrected chi connectivity index (χ0v) is 9.04. The fourth-order valence-corrected chi connectivity index (χ4v) is 2.15. The van der Waals surface area contributed by atoms with E-state index in [2.05, 4.69) is 0 Å². The summed E-state index contributed by atoms with van der Waals surface area (Å²) < 4.78 is 13.5. The lowest BCUT2D eigenvalue weighted by molar-refractivity contribution is 0.218. The first-order valence-corrected chi connectivity index (χ1v) is 5.51. The zero-order chi connectivity index (χ0) is 11.5. The molecule has 1 atom stereocenters. The number of thiophene rings is 1. The third-order valence-corrected chi connectivity index (χ3v) is 3.16. The molecule has 80 valence electrons. The number of nitrogens with zero attached hydrogens (tertiary/aromatic N) is 1. The maximum atomic E-state index is 13.5. The Morgan fingerprint density at radius 1 is 1.38 bits per heavy atom. The second kappa shape index (κ2) is 4.44. The molecule has 0 fully saturated rings. The van der Waals surface area contributed by atoms with Crippen molar-refractivity contribution in [2.24, 2.45) is 0 Å². The topological polar surface area (TPSA) is 44.0 Å². The van der Waals surface area contributed by atoms with Crippen LogP contribution in [0.3, 0.4) is 0 Å². The van der Waals surface area contributed by atoms with Gasteiger partial charge in [-0.1, -0.05) is 6.07 Å². The van der Waals surface area contributed by atoms with Crippen LogP contribution in [0, 0.1) is 17.1 Å². The van der Waals surface area contributed by atoms with Gasteiger partial charge in [0.1, 0.15) is 11.9 Å². The van der Waals surface area contributed by atoms with Crippen molar-refractivity contribution in [1.82, 2.24) is 0 Å². The lowest BCUT2D eigenvalue weighted by atomic mass is 10.0. The Labute approximate surface area is 96.2 Å². The molecule has 0 aliphatic heterocycles. The van der Waals surface area contributed by atoms with Crippen molar-refractivity contribution in [1.29, 1.82) is 5.26 Å². The number of hydrogen-bond donors (Lipinski definition) is 1. The maximum Gasteiger partial charge on any atom is 0.129 e. The largest absolute Gasteiger partial charge is 0.383 e. The van der Waals surface area contributed by atoms with Crippen LogP contribution in [0.25, 0.3) is 0 Å². The molecule has 2 nitrogen and oxygen atoms in total. The third-order valence-electron chi connectivity index (χ3n) is 2.23. The summed E-state index contributed by atoms with van der Waals surface area (Å²) in [6, 6.07) is 9.40. The normalized spacial score (nSPS) is 12.1. The highest BCUT2D eigenvalue weighted by molar-refractivity contribution is 7.10. The first-order valence-electron chi connectivity index (χ1n) is 4.63. The quantitative estimate of drug-likeness (QED) is 0.866. The summed E-state index contributed by atoms with van der Waals surface area (Å²) in [4.78, 5) is 0.661. The molecule has 0 aliphatic carbocycles. The Morgan fingerprint density at radius 3 is 2.81 bits per heavy atom. The minimum Gasteiger partial charge on any atom is -0.383 e. The molecule has 1 aromatic carbocycles. The molecule has 0 aliphatic rings. The van der Waals surface area contributed by atoms with Crippen LogP contribution in [0.2, 0.25) is 0 Å². The van der Waals surface area contributed by atoms with Crippen molar-refractivity contribution < 1.29 is 9.50 Å². The van der Waals surface area contributed by atoms with E-state index >= 15 is 0 Å². The fourth-order valence-electron chi connectivity index (χ4n) is 1.42. The summed E-state index contributed by atoms with van der Waals surface area (Å²) in [5.74, 6) is -0.500. The Bertz CT molecular complexity index is 530. The molecule has 4 heteroatoms. The van der Waals surface area contributed by atoms with Crippen molar-refractivity contribution in [3.05, 3.63) is 57.5 Å². The lowest BCUT2D eigenvalue weighted by Gasteiger charge is -2.10. The van der Waals surface area contributed by atoms with E-state index in [0.29, 0.717) is 10.4 Å². The lowest BCUT2D eigenvalue weighted by Crippen LogP contribution is -2.01. The van der Waals surface area contributed by atoms with Crippen molar-refractivity contribution in [2.45, 2.75) is 6.10 Å². The molecule has 0 bridgehead atoms. The van der Waals surface area contributed by atoms with Gasteiger partial charge < -0.3 is 5.11 Å². The van der Waals surface area contributed by atoms with Crippen molar-refractivity contribution in [3.63, 3.8) is 0 Å². The van der Waals surface area contributed by atoms with Gasteiger partial charge in [-0.3, -0.25) is 0 Å². The van der Waals surface area contributed by atoms with Gasteiger partial charge in [0, 0.05) is 10.4 Å².